The Labute approximate surface area is 142 Å². The van der Waals surface area contributed by atoms with Gasteiger partial charge in [0.2, 0.25) is 0 Å². The van der Waals surface area contributed by atoms with Crippen molar-refractivity contribution in [2.75, 3.05) is 33.8 Å². The summed E-state index contributed by atoms with van der Waals surface area (Å²) in [6, 6.07) is 14.7. The fraction of sp³-hybridized carbons (Fsp3) is 0.444. The molecule has 126 valence electrons. The van der Waals surface area contributed by atoms with Crippen LogP contribution in [0.25, 0.3) is 0 Å². The second kappa shape index (κ2) is 9.80. The molecule has 2 aromatic rings. The first kappa shape index (κ1) is 18.1. The molecule has 1 aromatic carbocycles. The summed E-state index contributed by atoms with van der Waals surface area (Å²) in [4.78, 5) is 3.36. The van der Waals surface area contributed by atoms with E-state index >= 15 is 0 Å². The highest BCUT2D eigenvalue weighted by Crippen LogP contribution is 2.16. The van der Waals surface area contributed by atoms with Gasteiger partial charge in [-0.25, -0.2) is 0 Å². The number of aliphatic hydroxyl groups is 1. The highest BCUT2D eigenvalue weighted by Gasteiger charge is 2.14. The van der Waals surface area contributed by atoms with Crippen molar-refractivity contribution in [3.05, 3.63) is 58.3 Å². The number of ether oxygens (including phenoxy) is 1. The number of thiophene rings is 1. The van der Waals surface area contributed by atoms with Crippen molar-refractivity contribution in [1.82, 2.24) is 10.2 Å². The molecule has 0 bridgehead atoms. The van der Waals surface area contributed by atoms with Gasteiger partial charge in [-0.1, -0.05) is 36.4 Å². The van der Waals surface area contributed by atoms with Crippen LogP contribution in [-0.4, -0.2) is 49.9 Å². The molecule has 2 atom stereocenters. The topological polar surface area (TPSA) is 44.7 Å². The minimum atomic E-state index is -0.492. The lowest BCUT2D eigenvalue weighted by molar-refractivity contribution is 0.0292. The summed E-state index contributed by atoms with van der Waals surface area (Å²) in [5, 5.41) is 15.4. The lowest BCUT2D eigenvalue weighted by atomic mass is 10.1. The molecule has 0 amide bonds. The molecule has 5 heteroatoms. The average molecular weight is 334 g/mol. The van der Waals surface area contributed by atoms with Gasteiger partial charge < -0.3 is 20.1 Å². The van der Waals surface area contributed by atoms with Gasteiger partial charge in [0.05, 0.1) is 19.3 Å². The number of hydrogen-bond donors (Lipinski definition) is 2. The molecule has 4 nitrogen and oxygen atoms in total. The maximum Gasteiger partial charge on any atom is 0.0897 e. The third-order valence-electron chi connectivity index (χ3n) is 3.66. The van der Waals surface area contributed by atoms with E-state index in [4.69, 9.17) is 4.74 Å². The summed E-state index contributed by atoms with van der Waals surface area (Å²) in [5.74, 6) is 0. The number of aliphatic hydroxyl groups excluding tert-OH is 1. The van der Waals surface area contributed by atoms with Crippen molar-refractivity contribution < 1.29 is 9.84 Å². The summed E-state index contributed by atoms with van der Waals surface area (Å²) in [6.45, 7) is 2.24. The van der Waals surface area contributed by atoms with E-state index < -0.39 is 6.10 Å². The number of benzene rings is 1. The van der Waals surface area contributed by atoms with Crippen LogP contribution >= 0.6 is 11.3 Å². The largest absolute Gasteiger partial charge is 0.389 e. The Morgan fingerprint density at radius 2 is 1.91 bits per heavy atom. The van der Waals surface area contributed by atoms with Crippen molar-refractivity contribution in [3.8, 4) is 0 Å². The fourth-order valence-electron chi connectivity index (χ4n) is 2.41. The highest BCUT2D eigenvalue weighted by molar-refractivity contribution is 7.09. The van der Waals surface area contributed by atoms with Crippen molar-refractivity contribution in [2.45, 2.75) is 18.8 Å². The zero-order chi connectivity index (χ0) is 16.5. The third-order valence-corrected chi connectivity index (χ3v) is 4.51. The van der Waals surface area contributed by atoms with Crippen molar-refractivity contribution in [3.63, 3.8) is 0 Å². The van der Waals surface area contributed by atoms with E-state index in [2.05, 4.69) is 48.6 Å². The van der Waals surface area contributed by atoms with Crippen LogP contribution in [0.3, 0.4) is 0 Å². The molecule has 0 aliphatic carbocycles. The third kappa shape index (κ3) is 6.41. The molecule has 2 N–H and O–H groups in total. The van der Waals surface area contributed by atoms with Crippen LogP contribution < -0.4 is 5.32 Å². The smallest absolute Gasteiger partial charge is 0.0897 e. The van der Waals surface area contributed by atoms with Crippen LogP contribution in [-0.2, 0) is 11.3 Å². The lowest BCUT2D eigenvalue weighted by Crippen LogP contribution is -2.36. The number of rotatable bonds is 10. The molecule has 23 heavy (non-hydrogen) atoms. The van der Waals surface area contributed by atoms with E-state index in [0.717, 1.165) is 6.54 Å². The number of hydrogen-bond acceptors (Lipinski definition) is 5. The first-order valence-electron chi connectivity index (χ1n) is 7.87. The van der Waals surface area contributed by atoms with Crippen LogP contribution in [0.1, 0.15) is 16.5 Å². The Bertz CT molecular complexity index is 531. The zero-order valence-corrected chi connectivity index (χ0v) is 14.6. The summed E-state index contributed by atoms with van der Waals surface area (Å²) in [6.07, 6.45) is -0.492. The standard InChI is InChI=1S/C18H26N2O2S/c1-20(2)18(15-7-4-3-5-8-15)12-19-11-16(21)13-22-14-17-9-6-10-23-17/h3-10,16,18-19,21H,11-14H2,1-2H3/t16-,18+/m0/s1. The van der Waals surface area contributed by atoms with Gasteiger partial charge in [-0.3, -0.25) is 0 Å². The number of likely N-dealkylation sites (N-methyl/N-ethyl adjacent to an activating group) is 1. The molecule has 0 radical (unpaired) electrons. The predicted molar refractivity (Wildman–Crippen MR) is 95.7 cm³/mol. The normalized spacial score (nSPS) is 14.1. The summed E-state index contributed by atoms with van der Waals surface area (Å²) in [7, 11) is 4.14. The van der Waals surface area contributed by atoms with Gasteiger partial charge in [0.25, 0.3) is 0 Å². The highest BCUT2D eigenvalue weighted by atomic mass is 32.1. The van der Waals surface area contributed by atoms with Gasteiger partial charge in [0, 0.05) is 24.0 Å². The van der Waals surface area contributed by atoms with Crippen molar-refractivity contribution >= 4 is 11.3 Å². The van der Waals surface area contributed by atoms with Crippen LogP contribution in [0, 0.1) is 0 Å². The van der Waals surface area contributed by atoms with Crippen molar-refractivity contribution in [1.29, 1.82) is 0 Å². The molecule has 2 rings (SSSR count). The second-order valence-corrected chi connectivity index (χ2v) is 6.83. The Morgan fingerprint density at radius 3 is 2.57 bits per heavy atom. The Morgan fingerprint density at radius 1 is 1.13 bits per heavy atom. The van der Waals surface area contributed by atoms with E-state index in [1.54, 1.807) is 11.3 Å². The first-order valence-corrected chi connectivity index (χ1v) is 8.75. The zero-order valence-electron chi connectivity index (χ0n) is 13.8. The van der Waals surface area contributed by atoms with Crippen LogP contribution in [0.15, 0.2) is 47.8 Å². The fourth-order valence-corrected chi connectivity index (χ4v) is 3.05. The molecule has 0 aliphatic rings. The molecular formula is C18H26N2O2S. The minimum Gasteiger partial charge on any atom is -0.389 e. The molecular weight excluding hydrogens is 308 g/mol. The van der Waals surface area contributed by atoms with Crippen LogP contribution in [0.2, 0.25) is 0 Å². The van der Waals surface area contributed by atoms with Gasteiger partial charge in [0.1, 0.15) is 0 Å². The maximum atomic E-state index is 10.0. The maximum absolute atomic E-state index is 10.0. The second-order valence-electron chi connectivity index (χ2n) is 5.80. The predicted octanol–water partition coefficient (Wildman–Crippen LogP) is 2.52. The summed E-state index contributed by atoms with van der Waals surface area (Å²) >= 11 is 1.67. The van der Waals surface area contributed by atoms with Gasteiger partial charge in [0.15, 0.2) is 0 Å². The molecule has 0 saturated heterocycles. The SMILES string of the molecule is CN(C)[C@H](CNC[C@H](O)COCc1cccs1)c1ccccc1. The summed E-state index contributed by atoms with van der Waals surface area (Å²) in [5.41, 5.74) is 1.27. The number of nitrogens with zero attached hydrogens (tertiary/aromatic N) is 1. The Kier molecular flexibility index (Phi) is 7.71. The van der Waals surface area contributed by atoms with E-state index in [1.807, 2.05) is 23.6 Å². The van der Waals surface area contributed by atoms with E-state index in [-0.39, 0.29) is 6.04 Å². The molecule has 0 unspecified atom stereocenters. The van der Waals surface area contributed by atoms with E-state index in [0.29, 0.717) is 19.8 Å². The Balaban J connectivity index is 1.67. The lowest BCUT2D eigenvalue weighted by Gasteiger charge is -2.25. The van der Waals surface area contributed by atoms with Crippen LogP contribution in [0.5, 0.6) is 0 Å². The molecule has 1 aromatic heterocycles. The van der Waals surface area contributed by atoms with Gasteiger partial charge in [-0.05, 0) is 31.1 Å². The quantitative estimate of drug-likeness (QED) is 0.701. The van der Waals surface area contributed by atoms with Gasteiger partial charge in [-0.15, -0.1) is 11.3 Å². The molecule has 0 saturated carbocycles. The summed E-state index contributed by atoms with van der Waals surface area (Å²) < 4.78 is 5.54. The first-order chi connectivity index (χ1) is 11.2. The average Bonchev–Trinajstić information content (AvgIpc) is 3.05. The minimum absolute atomic E-state index is 0.287. The van der Waals surface area contributed by atoms with E-state index in [9.17, 15) is 5.11 Å². The Hall–Kier alpha value is -1.24. The van der Waals surface area contributed by atoms with E-state index in [1.165, 1.54) is 10.4 Å². The van der Waals surface area contributed by atoms with Gasteiger partial charge in [-0.2, -0.15) is 0 Å². The van der Waals surface area contributed by atoms with Crippen LogP contribution in [0.4, 0.5) is 0 Å². The van der Waals surface area contributed by atoms with Crippen molar-refractivity contribution in [2.24, 2.45) is 0 Å². The molecule has 0 spiro atoms. The molecule has 1 heterocycles. The monoisotopic (exact) mass is 334 g/mol. The molecule has 0 fully saturated rings. The van der Waals surface area contributed by atoms with Gasteiger partial charge >= 0.3 is 0 Å². The molecule has 0 aliphatic heterocycles. The number of nitrogens with one attached hydrogen (secondary N) is 1.